The summed E-state index contributed by atoms with van der Waals surface area (Å²) in [5, 5.41) is 0. The van der Waals surface area contributed by atoms with E-state index in [-0.39, 0.29) is 18.8 Å². The Balaban J connectivity index is 1.52. The van der Waals surface area contributed by atoms with E-state index < -0.39 is 0 Å². The van der Waals surface area contributed by atoms with Gasteiger partial charge in [-0.25, -0.2) is 0 Å². The number of thioether (sulfide) groups is 1. The Morgan fingerprint density at radius 3 is 3.04 bits per heavy atom. The summed E-state index contributed by atoms with van der Waals surface area (Å²) in [7, 11) is 0. The van der Waals surface area contributed by atoms with Crippen LogP contribution in [0.15, 0.2) is 23.1 Å². The Labute approximate surface area is 143 Å². The Bertz CT molecular complexity index is 697. The van der Waals surface area contributed by atoms with Gasteiger partial charge in [0.15, 0.2) is 11.5 Å². The van der Waals surface area contributed by atoms with Gasteiger partial charge in [0.05, 0.1) is 17.6 Å². The van der Waals surface area contributed by atoms with E-state index >= 15 is 0 Å². The largest absolute Gasteiger partial charge is 0.454 e. The highest BCUT2D eigenvalue weighted by atomic mass is 32.2. The summed E-state index contributed by atoms with van der Waals surface area (Å²) in [6, 6.07) is 5.62. The van der Waals surface area contributed by atoms with Gasteiger partial charge in [-0.05, 0) is 36.6 Å². The van der Waals surface area contributed by atoms with E-state index in [0.717, 1.165) is 30.8 Å². The summed E-state index contributed by atoms with van der Waals surface area (Å²) in [6.45, 7) is 1.55. The quantitative estimate of drug-likeness (QED) is 0.618. The summed E-state index contributed by atoms with van der Waals surface area (Å²) < 4.78 is 16.9. The lowest BCUT2D eigenvalue weighted by molar-refractivity contribution is -0.123. The molecule has 0 saturated carbocycles. The van der Waals surface area contributed by atoms with Crippen molar-refractivity contribution in [2.24, 2.45) is 0 Å². The van der Waals surface area contributed by atoms with Gasteiger partial charge in [-0.1, -0.05) is 30.0 Å². The number of carbonyl (C=O) groups is 1. The van der Waals surface area contributed by atoms with Crippen LogP contribution >= 0.6 is 24.0 Å². The molecule has 1 aromatic rings. The summed E-state index contributed by atoms with van der Waals surface area (Å²) in [5.41, 5.74) is 0.895. The van der Waals surface area contributed by atoms with Crippen LogP contribution in [0.3, 0.4) is 0 Å². The van der Waals surface area contributed by atoms with Crippen LogP contribution in [0.5, 0.6) is 11.5 Å². The zero-order chi connectivity index (χ0) is 15.8. The highest BCUT2D eigenvalue weighted by molar-refractivity contribution is 8.26. The van der Waals surface area contributed by atoms with Gasteiger partial charge in [0.25, 0.3) is 5.91 Å². The minimum atomic E-state index is -0.0480. The minimum Gasteiger partial charge on any atom is -0.454 e. The van der Waals surface area contributed by atoms with Crippen LogP contribution in [0.25, 0.3) is 6.08 Å². The lowest BCUT2D eigenvalue weighted by Crippen LogP contribution is -2.35. The number of fused-ring (bicyclic) bond motifs is 1. The summed E-state index contributed by atoms with van der Waals surface area (Å²) in [6.07, 6.45) is 3.98. The lowest BCUT2D eigenvalue weighted by atomic mass is 10.2. The number of amides is 1. The summed E-state index contributed by atoms with van der Waals surface area (Å²) in [4.78, 5) is 14.9. The third-order valence-corrected chi connectivity index (χ3v) is 5.36. The van der Waals surface area contributed by atoms with Crippen molar-refractivity contribution < 1.29 is 19.0 Å². The number of rotatable bonds is 3. The molecular weight excluding hydrogens is 334 g/mol. The Morgan fingerprint density at radius 2 is 2.22 bits per heavy atom. The molecule has 2 saturated heterocycles. The second-order valence-corrected chi connectivity index (χ2v) is 7.22. The highest BCUT2D eigenvalue weighted by Crippen LogP contribution is 2.36. The van der Waals surface area contributed by atoms with Crippen molar-refractivity contribution in [3.63, 3.8) is 0 Å². The fourth-order valence-electron chi connectivity index (χ4n) is 2.80. The molecule has 0 bridgehead atoms. The number of benzene rings is 1. The lowest BCUT2D eigenvalue weighted by Gasteiger charge is -2.18. The van der Waals surface area contributed by atoms with Gasteiger partial charge >= 0.3 is 0 Å². The minimum absolute atomic E-state index is 0.0480. The molecule has 4 rings (SSSR count). The van der Waals surface area contributed by atoms with Gasteiger partial charge in [-0.15, -0.1) is 0 Å². The maximum absolute atomic E-state index is 12.6. The molecule has 1 aromatic carbocycles. The van der Waals surface area contributed by atoms with Crippen molar-refractivity contribution in [1.29, 1.82) is 0 Å². The van der Waals surface area contributed by atoms with Gasteiger partial charge in [0, 0.05) is 6.61 Å². The van der Waals surface area contributed by atoms with Crippen molar-refractivity contribution in [1.82, 2.24) is 4.90 Å². The second kappa shape index (κ2) is 6.14. The molecular formula is C16H15NO4S2. The first-order valence-corrected chi connectivity index (χ1v) is 8.70. The SMILES string of the molecule is O=C1/C(=C/c2ccc3c(c2)OCO3)SC(=S)N1C[C@H]1CCCO1. The monoisotopic (exact) mass is 349 g/mol. The maximum Gasteiger partial charge on any atom is 0.266 e. The fraction of sp³-hybridized carbons (Fsp3) is 0.375. The first-order valence-electron chi connectivity index (χ1n) is 7.47. The summed E-state index contributed by atoms with van der Waals surface area (Å²) in [5.74, 6) is 1.38. The molecule has 0 radical (unpaired) electrons. The van der Waals surface area contributed by atoms with Crippen LogP contribution in [0, 0.1) is 0 Å². The summed E-state index contributed by atoms with van der Waals surface area (Å²) >= 11 is 6.69. The fourth-order valence-corrected chi connectivity index (χ4v) is 4.08. The first kappa shape index (κ1) is 15.0. The van der Waals surface area contributed by atoms with E-state index in [9.17, 15) is 4.79 Å². The molecule has 3 heterocycles. The molecule has 0 aliphatic carbocycles. The molecule has 1 atom stereocenters. The number of thiocarbonyl (C=S) groups is 1. The van der Waals surface area contributed by atoms with E-state index in [4.69, 9.17) is 26.4 Å². The van der Waals surface area contributed by atoms with Gasteiger partial charge in [-0.3, -0.25) is 9.69 Å². The third kappa shape index (κ3) is 2.96. The van der Waals surface area contributed by atoms with Crippen LogP contribution in [-0.4, -0.2) is 41.2 Å². The average molecular weight is 349 g/mol. The molecule has 5 nitrogen and oxygen atoms in total. The predicted molar refractivity (Wildman–Crippen MR) is 91.4 cm³/mol. The smallest absolute Gasteiger partial charge is 0.266 e. The van der Waals surface area contributed by atoms with Crippen molar-refractivity contribution in [3.05, 3.63) is 28.7 Å². The van der Waals surface area contributed by atoms with Crippen molar-refractivity contribution >= 4 is 40.3 Å². The number of hydrogen-bond acceptors (Lipinski definition) is 6. The van der Waals surface area contributed by atoms with Crippen LogP contribution in [0.1, 0.15) is 18.4 Å². The standard InChI is InChI=1S/C16H15NO4S2/c18-15-14(7-10-3-4-12-13(6-10)21-9-20-12)23-16(22)17(15)8-11-2-1-5-19-11/h3-4,6-7,11H,1-2,5,8-9H2/b14-7-/t11-/m1/s1. The normalized spacial score (nSPS) is 25.0. The van der Waals surface area contributed by atoms with E-state index in [1.165, 1.54) is 11.8 Å². The zero-order valence-corrected chi connectivity index (χ0v) is 14.0. The van der Waals surface area contributed by atoms with Crippen LogP contribution in [0.4, 0.5) is 0 Å². The topological polar surface area (TPSA) is 48.0 Å². The number of hydrogen-bond donors (Lipinski definition) is 0. The van der Waals surface area contributed by atoms with E-state index in [1.807, 2.05) is 24.3 Å². The predicted octanol–water partition coefficient (Wildman–Crippen LogP) is 2.80. The van der Waals surface area contributed by atoms with Crippen molar-refractivity contribution in [2.75, 3.05) is 19.9 Å². The molecule has 0 spiro atoms. The molecule has 3 aliphatic rings. The van der Waals surface area contributed by atoms with E-state index in [2.05, 4.69) is 0 Å². The average Bonchev–Trinajstić information content (AvgIpc) is 3.26. The molecule has 7 heteroatoms. The maximum atomic E-state index is 12.6. The zero-order valence-electron chi connectivity index (χ0n) is 12.3. The molecule has 1 amide bonds. The van der Waals surface area contributed by atoms with Gasteiger partial charge in [-0.2, -0.15) is 0 Å². The number of nitrogens with zero attached hydrogens (tertiary/aromatic N) is 1. The Hall–Kier alpha value is -1.57. The molecule has 0 unspecified atom stereocenters. The van der Waals surface area contributed by atoms with E-state index in [1.54, 1.807) is 4.90 Å². The van der Waals surface area contributed by atoms with Gasteiger partial charge in [0.1, 0.15) is 4.32 Å². The molecule has 120 valence electrons. The van der Waals surface area contributed by atoms with Gasteiger partial charge in [0.2, 0.25) is 6.79 Å². The van der Waals surface area contributed by atoms with Crippen molar-refractivity contribution in [2.45, 2.75) is 18.9 Å². The molecule has 3 aliphatic heterocycles. The molecule has 0 N–H and O–H groups in total. The molecule has 2 fully saturated rings. The van der Waals surface area contributed by atoms with Crippen LogP contribution in [0.2, 0.25) is 0 Å². The highest BCUT2D eigenvalue weighted by Gasteiger charge is 2.34. The Kier molecular flexibility index (Phi) is 4.00. The van der Waals surface area contributed by atoms with Crippen LogP contribution < -0.4 is 9.47 Å². The Morgan fingerprint density at radius 1 is 1.35 bits per heavy atom. The van der Waals surface area contributed by atoms with E-state index in [0.29, 0.717) is 21.5 Å². The number of carbonyl (C=O) groups excluding carboxylic acids is 1. The van der Waals surface area contributed by atoms with Gasteiger partial charge < -0.3 is 14.2 Å². The van der Waals surface area contributed by atoms with Crippen molar-refractivity contribution in [3.8, 4) is 11.5 Å². The second-order valence-electron chi connectivity index (χ2n) is 5.54. The molecule has 23 heavy (non-hydrogen) atoms. The number of ether oxygens (including phenoxy) is 3. The third-order valence-electron chi connectivity index (χ3n) is 3.98. The van der Waals surface area contributed by atoms with Crippen LogP contribution in [-0.2, 0) is 9.53 Å². The molecule has 0 aromatic heterocycles. The first-order chi connectivity index (χ1) is 11.2.